The lowest BCUT2D eigenvalue weighted by Gasteiger charge is -2.20. The number of benzene rings is 9. The van der Waals surface area contributed by atoms with Gasteiger partial charge in [-0.3, -0.25) is 0 Å². The number of fused-ring (bicyclic) bond motifs is 6. The minimum absolute atomic E-state index is 0.0789. The first-order chi connectivity index (χ1) is 33.5. The number of furan rings is 1. The quantitative estimate of drug-likeness (QED) is 0.174. The summed E-state index contributed by atoms with van der Waals surface area (Å²) in [4.78, 5) is 0. The second kappa shape index (κ2) is 11.1. The normalized spacial score (nSPS) is 18.0. The molecular weight excluding hydrogens is 593 g/mol. The van der Waals surface area contributed by atoms with Crippen molar-refractivity contribution in [3.05, 3.63) is 181 Å². The molecule has 0 atom stereocenters. The highest BCUT2D eigenvalue weighted by Gasteiger charge is 2.21. The van der Waals surface area contributed by atoms with E-state index in [4.69, 9.17) is 22.2 Å². The lowest BCUT2D eigenvalue weighted by molar-refractivity contribution is 0.669. The van der Waals surface area contributed by atoms with E-state index < -0.39 is 155 Å². The Labute approximate surface area is 315 Å². The fraction of sp³-hybridized carbons (Fsp3) is 0. The first-order valence-electron chi connectivity index (χ1n) is 26.1. The van der Waals surface area contributed by atoms with E-state index in [1.165, 1.54) is 0 Å². The summed E-state index contributed by atoms with van der Waals surface area (Å²) >= 11 is 0. The molecule has 1 heteroatoms. The van der Waals surface area contributed by atoms with Gasteiger partial charge in [0.25, 0.3) is 0 Å². The molecule has 10 aromatic rings. The molecule has 1 aromatic heterocycles. The van der Waals surface area contributed by atoms with Gasteiger partial charge >= 0.3 is 0 Å². The van der Waals surface area contributed by atoms with E-state index in [1.54, 1.807) is 48.5 Å². The molecule has 49 heavy (non-hydrogen) atoms. The number of hydrogen-bond donors (Lipinski definition) is 0. The van der Waals surface area contributed by atoms with Gasteiger partial charge < -0.3 is 4.42 Å². The van der Waals surface area contributed by atoms with E-state index in [9.17, 15) is 12.3 Å². The average Bonchev–Trinajstić information content (AvgIpc) is 3.77. The summed E-state index contributed by atoms with van der Waals surface area (Å²) in [5.41, 5.74) is -3.06. The van der Waals surface area contributed by atoms with Gasteiger partial charge in [0, 0.05) is 10.8 Å². The third-order valence-electron chi connectivity index (χ3n) is 8.44. The lowest BCUT2D eigenvalue weighted by Crippen LogP contribution is -1.93. The Morgan fingerprint density at radius 1 is 0.367 bits per heavy atom. The molecule has 1 nitrogen and oxygen atoms in total. The van der Waals surface area contributed by atoms with Crippen molar-refractivity contribution in [2.24, 2.45) is 0 Å². The Kier molecular flexibility index (Phi) is 3.07. The van der Waals surface area contributed by atoms with Crippen molar-refractivity contribution in [1.29, 1.82) is 0 Å². The molecule has 0 unspecified atom stereocenters. The molecule has 0 fully saturated rings. The molecule has 0 aliphatic rings. The van der Waals surface area contributed by atoms with Crippen molar-refractivity contribution in [2.45, 2.75) is 0 Å². The van der Waals surface area contributed by atoms with Crippen LogP contribution in [0.15, 0.2) is 186 Å². The molecule has 0 bridgehead atoms. The maximum absolute atomic E-state index is 9.54. The van der Waals surface area contributed by atoms with Gasteiger partial charge in [-0.25, -0.2) is 0 Å². The van der Waals surface area contributed by atoms with Crippen LogP contribution >= 0.6 is 0 Å². The van der Waals surface area contributed by atoms with Gasteiger partial charge in [0.15, 0.2) is 0 Å². The fourth-order valence-electron chi connectivity index (χ4n) is 6.40. The van der Waals surface area contributed by atoms with Crippen LogP contribution in [0.25, 0.3) is 98.8 Å². The molecule has 1 heterocycles. The molecule has 0 amide bonds. The van der Waals surface area contributed by atoms with E-state index in [-0.39, 0.29) is 76.5 Å². The predicted octanol–water partition coefficient (Wildman–Crippen LogP) is 13.7. The summed E-state index contributed by atoms with van der Waals surface area (Å²) < 4.78 is 202. The maximum atomic E-state index is 9.54. The van der Waals surface area contributed by atoms with Crippen LogP contribution in [0.4, 0.5) is 0 Å². The zero-order valence-electron chi connectivity index (χ0n) is 47.0. The minimum Gasteiger partial charge on any atom is -0.456 e. The third kappa shape index (κ3) is 4.40. The van der Waals surface area contributed by atoms with Crippen LogP contribution < -0.4 is 0 Å². The molecule has 0 radical (unpaired) electrons. The second-order valence-corrected chi connectivity index (χ2v) is 11.1. The summed E-state index contributed by atoms with van der Waals surface area (Å²) in [6.07, 6.45) is 0. The largest absolute Gasteiger partial charge is 0.456 e. The zero-order chi connectivity index (χ0) is 51.5. The van der Waals surface area contributed by atoms with Crippen LogP contribution in [0.2, 0.25) is 0 Å². The van der Waals surface area contributed by atoms with Crippen LogP contribution in [0.3, 0.4) is 0 Å². The van der Waals surface area contributed by atoms with Crippen molar-refractivity contribution in [2.75, 3.05) is 0 Å². The Morgan fingerprint density at radius 3 is 1.55 bits per heavy atom. The Bertz CT molecular complexity index is 4030. The van der Waals surface area contributed by atoms with Crippen molar-refractivity contribution >= 4 is 54.3 Å². The molecular formula is C48H30O. The predicted molar refractivity (Wildman–Crippen MR) is 208 cm³/mol. The monoisotopic (exact) mass is 644 g/mol. The van der Waals surface area contributed by atoms with Gasteiger partial charge in [0.05, 0.1) is 30.2 Å². The van der Waals surface area contributed by atoms with E-state index in [2.05, 4.69) is 0 Å². The highest BCUT2D eigenvalue weighted by molar-refractivity contribution is 6.26. The Hall–Kier alpha value is -6.44. The topological polar surface area (TPSA) is 13.1 Å². The molecule has 0 N–H and O–H groups in total. The SMILES string of the molecule is [2H]c1c([2H])c([2H])c(-c2c([2H])c([2H])c(-c3c([2H])c([2H])c([2H])c([2H])c3-c3c4ccccc4c(-c4c([2H])c([2H])c([2H])c5oc6c([2H])c7c([2H])c([2H])c([2H])c([2H])c7c([2H])c6c45)c4ccccc34)c([2H])c2[2H])c([2H])c1[2H]. The maximum Gasteiger partial charge on any atom is 0.136 e. The van der Waals surface area contributed by atoms with Gasteiger partial charge in [-0.1, -0.05) is 163 Å². The molecule has 0 spiro atoms. The third-order valence-corrected chi connectivity index (χ3v) is 8.44. The van der Waals surface area contributed by atoms with Gasteiger partial charge in [-0.05, 0) is 95.0 Å². The summed E-state index contributed by atoms with van der Waals surface area (Å²) in [6, 6.07) is -2.68. The van der Waals surface area contributed by atoms with Crippen LogP contribution in [0.1, 0.15) is 30.2 Å². The minimum atomic E-state index is -0.862. The van der Waals surface area contributed by atoms with Gasteiger partial charge in [-0.2, -0.15) is 0 Å². The fourth-order valence-corrected chi connectivity index (χ4v) is 6.40. The van der Waals surface area contributed by atoms with E-state index in [0.717, 1.165) is 0 Å². The first-order valence-corrected chi connectivity index (χ1v) is 15.1. The van der Waals surface area contributed by atoms with E-state index >= 15 is 0 Å². The standard InChI is InChI=1S/C48H30O/c1-2-13-31(14-3-1)32-25-27-33(28-26-32)36-17-6-7-18-37(36)46-38-19-8-10-21-40(38)47(41-22-11-9-20-39(41)46)42-23-12-24-44-48(42)43-29-34-15-4-5-16-35(34)30-45(43)49-44/h1-30H/i1D,2D,3D,4D,5D,6D,7D,12D,13D,14D,15D,16D,17D,18D,23D,24D,25D,26D,27D,28D,29D,30D. The van der Waals surface area contributed by atoms with E-state index in [0.29, 0.717) is 0 Å². The van der Waals surface area contributed by atoms with Crippen LogP contribution in [0.5, 0.6) is 0 Å². The van der Waals surface area contributed by atoms with Gasteiger partial charge in [0.1, 0.15) is 11.2 Å². The Morgan fingerprint density at radius 2 is 0.878 bits per heavy atom. The Balaban J connectivity index is 1.38. The summed E-state index contributed by atoms with van der Waals surface area (Å²) in [7, 11) is 0. The molecule has 0 saturated carbocycles. The summed E-state index contributed by atoms with van der Waals surface area (Å²) in [5, 5.41) is 0.0841. The van der Waals surface area contributed by atoms with Crippen molar-refractivity contribution in [1.82, 2.24) is 0 Å². The molecule has 228 valence electrons. The van der Waals surface area contributed by atoms with Crippen molar-refractivity contribution in [3.8, 4) is 44.5 Å². The molecule has 10 rings (SSSR count). The van der Waals surface area contributed by atoms with Gasteiger partial charge in [0.2, 0.25) is 0 Å². The highest BCUT2D eigenvalue weighted by atomic mass is 16.3. The smallest absolute Gasteiger partial charge is 0.136 e. The summed E-state index contributed by atoms with van der Waals surface area (Å²) in [6.45, 7) is 0. The van der Waals surface area contributed by atoms with Crippen LogP contribution in [-0.2, 0) is 0 Å². The molecule has 0 saturated heterocycles. The average molecular weight is 645 g/mol. The zero-order valence-corrected chi connectivity index (χ0v) is 25.0. The van der Waals surface area contributed by atoms with Gasteiger partial charge in [-0.15, -0.1) is 0 Å². The highest BCUT2D eigenvalue weighted by Crippen LogP contribution is 2.48. The van der Waals surface area contributed by atoms with E-state index in [1.807, 2.05) is 0 Å². The van der Waals surface area contributed by atoms with Crippen molar-refractivity contribution in [3.63, 3.8) is 0 Å². The second-order valence-electron chi connectivity index (χ2n) is 11.1. The molecule has 0 aliphatic heterocycles. The van der Waals surface area contributed by atoms with Crippen LogP contribution in [-0.4, -0.2) is 0 Å². The summed E-state index contributed by atoms with van der Waals surface area (Å²) in [5.74, 6) is 0. The van der Waals surface area contributed by atoms with Crippen LogP contribution in [0, 0.1) is 0 Å². The lowest BCUT2D eigenvalue weighted by atomic mass is 9.83. The number of rotatable bonds is 4. The van der Waals surface area contributed by atoms with Crippen molar-refractivity contribution < 1.29 is 34.6 Å². The molecule has 0 aliphatic carbocycles. The first kappa shape index (κ1) is 13.6. The number of hydrogen-bond acceptors (Lipinski definition) is 1. The molecule has 9 aromatic carbocycles.